The average Bonchev–Trinajstić information content (AvgIpc) is 3.07. The molecule has 1 atom stereocenters. The molecule has 0 spiro atoms. The van der Waals surface area contributed by atoms with Crippen molar-refractivity contribution in [2.75, 3.05) is 0 Å². The lowest BCUT2D eigenvalue weighted by atomic mass is 10.2. The maximum Gasteiger partial charge on any atom is 0.268 e. The Morgan fingerprint density at radius 2 is 1.91 bits per heavy atom. The van der Waals surface area contributed by atoms with Crippen LogP contribution < -0.4 is 10.6 Å². The summed E-state index contributed by atoms with van der Waals surface area (Å²) in [5, 5.41) is 7.52. The van der Waals surface area contributed by atoms with Gasteiger partial charge in [0.2, 0.25) is 0 Å². The van der Waals surface area contributed by atoms with Gasteiger partial charge in [0.15, 0.2) is 0 Å². The van der Waals surface area contributed by atoms with Gasteiger partial charge in [-0.05, 0) is 43.0 Å². The molecule has 23 heavy (non-hydrogen) atoms. The van der Waals surface area contributed by atoms with Crippen molar-refractivity contribution in [2.24, 2.45) is 0 Å². The fourth-order valence-corrected chi connectivity index (χ4v) is 2.52. The van der Waals surface area contributed by atoms with Crippen molar-refractivity contribution in [2.45, 2.75) is 26.3 Å². The summed E-state index contributed by atoms with van der Waals surface area (Å²) in [5.41, 5.74) is 0.766. The molecule has 5 heteroatoms. The third-order valence-corrected chi connectivity index (χ3v) is 4.17. The predicted octanol–water partition coefficient (Wildman–Crippen LogP) is 3.43. The molecule has 2 amide bonds. The fraction of sp³-hybridized carbons (Fsp3) is 0.222. The van der Waals surface area contributed by atoms with Gasteiger partial charge in [0, 0.05) is 16.5 Å². The van der Waals surface area contributed by atoms with Crippen molar-refractivity contribution in [3.8, 4) is 0 Å². The van der Waals surface area contributed by atoms with Gasteiger partial charge in [-0.3, -0.25) is 9.59 Å². The molecule has 1 aromatic heterocycles. The zero-order valence-electron chi connectivity index (χ0n) is 13.2. The van der Waals surface area contributed by atoms with Crippen LogP contribution in [0.5, 0.6) is 0 Å². The number of benzene rings is 1. The van der Waals surface area contributed by atoms with Crippen LogP contribution in [0.2, 0.25) is 0 Å². The minimum absolute atomic E-state index is 0.0443. The lowest BCUT2D eigenvalue weighted by Crippen LogP contribution is -2.38. The highest BCUT2D eigenvalue weighted by molar-refractivity contribution is 7.10. The highest BCUT2D eigenvalue weighted by atomic mass is 32.1. The van der Waals surface area contributed by atoms with E-state index in [1.54, 1.807) is 30.3 Å². The molecule has 0 radical (unpaired) electrons. The van der Waals surface area contributed by atoms with Gasteiger partial charge in [-0.25, -0.2) is 0 Å². The van der Waals surface area contributed by atoms with E-state index in [-0.39, 0.29) is 23.6 Å². The number of rotatable bonds is 6. The third-order valence-electron chi connectivity index (χ3n) is 3.35. The van der Waals surface area contributed by atoms with Crippen LogP contribution >= 0.6 is 11.3 Å². The molecule has 4 nitrogen and oxygen atoms in total. The zero-order chi connectivity index (χ0) is 16.7. The van der Waals surface area contributed by atoms with Gasteiger partial charge in [-0.15, -0.1) is 11.3 Å². The molecule has 0 aliphatic heterocycles. The molecular formula is C18H20N2O2S. The number of carbonyl (C=O) groups is 2. The summed E-state index contributed by atoms with van der Waals surface area (Å²) in [6.07, 6.45) is 2.52. The molecule has 0 saturated heterocycles. The molecule has 0 unspecified atom stereocenters. The van der Waals surface area contributed by atoms with Gasteiger partial charge in [-0.2, -0.15) is 0 Å². The smallest absolute Gasteiger partial charge is 0.268 e. The van der Waals surface area contributed by atoms with E-state index in [9.17, 15) is 9.59 Å². The fourth-order valence-electron chi connectivity index (χ4n) is 1.86. The maximum absolute atomic E-state index is 12.4. The topological polar surface area (TPSA) is 58.2 Å². The molecule has 0 aliphatic rings. The van der Waals surface area contributed by atoms with Crippen LogP contribution in [-0.2, 0) is 4.79 Å². The van der Waals surface area contributed by atoms with Gasteiger partial charge >= 0.3 is 0 Å². The Balaban J connectivity index is 2.20. The molecule has 0 saturated carbocycles. The monoisotopic (exact) mass is 328 g/mol. The Morgan fingerprint density at radius 1 is 1.17 bits per heavy atom. The van der Waals surface area contributed by atoms with Crippen molar-refractivity contribution in [1.82, 2.24) is 10.6 Å². The standard InChI is InChI=1S/C18H20N2O2S/c1-3-13(2)19-18(22)16(12-15-10-7-11-23-15)20-17(21)14-8-5-4-6-9-14/h4-13H,3H2,1-2H3,(H,19,22)(H,20,21)/b16-12-/t13-/m1/s1. The minimum atomic E-state index is -0.298. The largest absolute Gasteiger partial charge is 0.348 e. The first-order valence-corrected chi connectivity index (χ1v) is 8.40. The highest BCUT2D eigenvalue weighted by Crippen LogP contribution is 2.13. The number of amides is 2. The van der Waals surface area contributed by atoms with Crippen molar-refractivity contribution < 1.29 is 9.59 Å². The van der Waals surface area contributed by atoms with Crippen molar-refractivity contribution in [3.05, 3.63) is 64.0 Å². The molecule has 2 rings (SSSR count). The van der Waals surface area contributed by atoms with Gasteiger partial charge in [0.1, 0.15) is 5.70 Å². The summed E-state index contributed by atoms with van der Waals surface area (Å²) in [5.74, 6) is -0.579. The summed E-state index contributed by atoms with van der Waals surface area (Å²) < 4.78 is 0. The second-order valence-electron chi connectivity index (χ2n) is 5.18. The van der Waals surface area contributed by atoms with E-state index in [0.29, 0.717) is 5.56 Å². The van der Waals surface area contributed by atoms with E-state index in [4.69, 9.17) is 0 Å². The highest BCUT2D eigenvalue weighted by Gasteiger charge is 2.16. The lowest BCUT2D eigenvalue weighted by Gasteiger charge is -2.14. The zero-order valence-corrected chi connectivity index (χ0v) is 14.0. The van der Waals surface area contributed by atoms with Gasteiger partial charge in [0.25, 0.3) is 11.8 Å². The molecule has 0 bridgehead atoms. The van der Waals surface area contributed by atoms with Gasteiger partial charge in [-0.1, -0.05) is 31.2 Å². The Hall–Kier alpha value is -2.40. The Morgan fingerprint density at radius 3 is 2.52 bits per heavy atom. The molecule has 2 N–H and O–H groups in total. The van der Waals surface area contributed by atoms with E-state index in [1.807, 2.05) is 37.4 Å². The summed E-state index contributed by atoms with van der Waals surface area (Å²) in [4.78, 5) is 25.6. The van der Waals surface area contributed by atoms with Crippen LogP contribution in [0, 0.1) is 0 Å². The normalized spacial score (nSPS) is 12.5. The van der Waals surface area contributed by atoms with Crippen molar-refractivity contribution in [1.29, 1.82) is 0 Å². The first-order valence-electron chi connectivity index (χ1n) is 7.52. The molecule has 0 fully saturated rings. The van der Waals surface area contributed by atoms with Crippen LogP contribution in [0.25, 0.3) is 6.08 Å². The molecular weight excluding hydrogens is 308 g/mol. The first-order chi connectivity index (χ1) is 11.1. The van der Waals surface area contributed by atoms with Crippen LogP contribution in [0.3, 0.4) is 0 Å². The Kier molecular flexibility index (Phi) is 6.11. The third kappa shape index (κ3) is 5.07. The van der Waals surface area contributed by atoms with Gasteiger partial charge in [0.05, 0.1) is 0 Å². The van der Waals surface area contributed by atoms with Crippen LogP contribution in [0.15, 0.2) is 53.5 Å². The number of carbonyl (C=O) groups excluding carboxylic acids is 2. The molecule has 1 aromatic carbocycles. The van der Waals surface area contributed by atoms with E-state index in [1.165, 1.54) is 11.3 Å². The van der Waals surface area contributed by atoms with E-state index in [2.05, 4.69) is 10.6 Å². The molecule has 2 aromatic rings. The Labute approximate surface area is 140 Å². The van der Waals surface area contributed by atoms with Crippen LogP contribution in [0.4, 0.5) is 0 Å². The number of thiophene rings is 1. The average molecular weight is 328 g/mol. The predicted molar refractivity (Wildman–Crippen MR) is 94.1 cm³/mol. The maximum atomic E-state index is 12.4. The van der Waals surface area contributed by atoms with Crippen molar-refractivity contribution in [3.63, 3.8) is 0 Å². The van der Waals surface area contributed by atoms with Crippen LogP contribution in [0.1, 0.15) is 35.5 Å². The lowest BCUT2D eigenvalue weighted by molar-refractivity contribution is -0.118. The Bertz CT molecular complexity index is 678. The van der Waals surface area contributed by atoms with Crippen LogP contribution in [-0.4, -0.2) is 17.9 Å². The minimum Gasteiger partial charge on any atom is -0.348 e. The van der Waals surface area contributed by atoms with E-state index < -0.39 is 0 Å². The second kappa shape index (κ2) is 8.29. The number of nitrogens with one attached hydrogen (secondary N) is 2. The van der Waals surface area contributed by atoms with Crippen molar-refractivity contribution >= 4 is 29.2 Å². The number of hydrogen-bond acceptors (Lipinski definition) is 3. The summed E-state index contributed by atoms with van der Waals surface area (Å²) >= 11 is 1.51. The quantitative estimate of drug-likeness (QED) is 0.798. The van der Waals surface area contributed by atoms with Gasteiger partial charge < -0.3 is 10.6 Å². The summed E-state index contributed by atoms with van der Waals surface area (Å²) in [7, 11) is 0. The summed E-state index contributed by atoms with van der Waals surface area (Å²) in [6.45, 7) is 3.93. The molecule has 120 valence electrons. The second-order valence-corrected chi connectivity index (χ2v) is 6.16. The molecule has 0 aliphatic carbocycles. The molecule has 1 heterocycles. The van der Waals surface area contributed by atoms with E-state index in [0.717, 1.165) is 11.3 Å². The first kappa shape index (κ1) is 17.0. The van der Waals surface area contributed by atoms with E-state index >= 15 is 0 Å². The SMILES string of the molecule is CC[C@@H](C)NC(=O)/C(=C/c1cccs1)NC(=O)c1ccccc1. The summed E-state index contributed by atoms with van der Waals surface area (Å²) in [6, 6.07) is 12.7. The number of hydrogen-bond donors (Lipinski definition) is 2.